The molecule has 0 amide bonds. The number of ether oxygens (including phenoxy) is 1. The zero-order valence-electron chi connectivity index (χ0n) is 10.0. The molecule has 1 aromatic carbocycles. The van der Waals surface area contributed by atoms with Crippen LogP contribution in [0, 0.1) is 13.8 Å². The molecule has 17 heavy (non-hydrogen) atoms. The van der Waals surface area contributed by atoms with Crippen LogP contribution < -0.4 is 4.74 Å². The van der Waals surface area contributed by atoms with Gasteiger partial charge in [-0.1, -0.05) is 0 Å². The smallest absolute Gasteiger partial charge is 0.132 e. The van der Waals surface area contributed by atoms with Crippen LogP contribution in [0.5, 0.6) is 5.75 Å². The van der Waals surface area contributed by atoms with E-state index in [1.54, 1.807) is 7.11 Å². The summed E-state index contributed by atoms with van der Waals surface area (Å²) in [5.74, 6) is 1.62. The maximum Gasteiger partial charge on any atom is 0.132 e. The van der Waals surface area contributed by atoms with E-state index in [-0.39, 0.29) is 0 Å². The van der Waals surface area contributed by atoms with Gasteiger partial charge >= 0.3 is 0 Å². The first-order valence-corrected chi connectivity index (χ1v) is 5.49. The van der Waals surface area contributed by atoms with Gasteiger partial charge in [0.25, 0.3) is 0 Å². The number of benzene rings is 1. The van der Waals surface area contributed by atoms with E-state index in [0.717, 1.165) is 39.2 Å². The number of aromatic nitrogens is 3. The highest BCUT2D eigenvalue weighted by molar-refractivity contribution is 6.06. The van der Waals surface area contributed by atoms with E-state index < -0.39 is 0 Å². The Balaban J connectivity index is 2.55. The average Bonchev–Trinajstić information content (AvgIpc) is 2.67. The minimum Gasteiger partial charge on any atom is -0.496 e. The van der Waals surface area contributed by atoms with Crippen molar-refractivity contribution in [2.45, 2.75) is 13.8 Å². The molecule has 0 saturated heterocycles. The fourth-order valence-corrected chi connectivity index (χ4v) is 2.18. The predicted molar refractivity (Wildman–Crippen MR) is 67.4 cm³/mol. The largest absolute Gasteiger partial charge is 0.496 e. The molecule has 0 fully saturated rings. The zero-order valence-corrected chi connectivity index (χ0v) is 10.0. The summed E-state index contributed by atoms with van der Waals surface area (Å²) in [4.78, 5) is 12.2. The number of pyridine rings is 1. The van der Waals surface area contributed by atoms with Crippen molar-refractivity contribution in [2.75, 3.05) is 7.11 Å². The van der Waals surface area contributed by atoms with Crippen molar-refractivity contribution in [1.29, 1.82) is 0 Å². The minimum atomic E-state index is 0.787. The molecule has 0 bridgehead atoms. The SMILES string of the molecule is COc1cc(C)[nH]c2ccc3nc(C)nc3c12. The van der Waals surface area contributed by atoms with Crippen molar-refractivity contribution in [1.82, 2.24) is 15.0 Å². The fourth-order valence-electron chi connectivity index (χ4n) is 2.18. The summed E-state index contributed by atoms with van der Waals surface area (Å²) in [6.07, 6.45) is 0. The second-order valence-corrected chi connectivity index (χ2v) is 4.15. The van der Waals surface area contributed by atoms with E-state index >= 15 is 0 Å². The van der Waals surface area contributed by atoms with Gasteiger partial charge in [0.1, 0.15) is 17.1 Å². The summed E-state index contributed by atoms with van der Waals surface area (Å²) in [6, 6.07) is 5.97. The molecule has 86 valence electrons. The highest BCUT2D eigenvalue weighted by Crippen LogP contribution is 2.31. The summed E-state index contributed by atoms with van der Waals surface area (Å²) in [7, 11) is 1.68. The number of nitrogens with zero attached hydrogens (tertiary/aromatic N) is 2. The van der Waals surface area contributed by atoms with Crippen molar-refractivity contribution in [3.63, 3.8) is 0 Å². The Bertz CT molecular complexity index is 715. The Morgan fingerprint density at radius 3 is 2.76 bits per heavy atom. The third kappa shape index (κ3) is 1.45. The number of nitrogens with one attached hydrogen (secondary N) is 1. The molecule has 2 aromatic heterocycles. The highest BCUT2D eigenvalue weighted by Gasteiger charge is 2.11. The molecule has 0 aliphatic rings. The van der Waals surface area contributed by atoms with Crippen LogP contribution in [0.15, 0.2) is 18.2 Å². The van der Waals surface area contributed by atoms with Gasteiger partial charge in [-0.15, -0.1) is 0 Å². The van der Waals surface area contributed by atoms with Crippen molar-refractivity contribution in [2.24, 2.45) is 0 Å². The number of hydrogen-bond donors (Lipinski definition) is 1. The molecule has 0 saturated carbocycles. The van der Waals surface area contributed by atoms with Gasteiger partial charge in [0.05, 0.1) is 23.5 Å². The second kappa shape index (κ2) is 3.45. The van der Waals surface area contributed by atoms with E-state index in [2.05, 4.69) is 15.0 Å². The first-order chi connectivity index (χ1) is 8.19. The molecule has 2 heterocycles. The summed E-state index contributed by atoms with van der Waals surface area (Å²) in [6.45, 7) is 3.91. The maximum absolute atomic E-state index is 5.44. The standard InChI is InChI=1S/C13H13N3O/c1-7-6-11(17-3)12-9(14-7)4-5-10-13(12)16-8(2)15-10/h4-6,14H,1-3H3. The number of hydrogen-bond acceptors (Lipinski definition) is 3. The van der Waals surface area contributed by atoms with Crippen LogP contribution in [0.2, 0.25) is 0 Å². The Morgan fingerprint density at radius 2 is 2.00 bits per heavy atom. The molecular weight excluding hydrogens is 214 g/mol. The number of aromatic amines is 1. The quantitative estimate of drug-likeness (QED) is 0.695. The Morgan fingerprint density at radius 1 is 1.18 bits per heavy atom. The molecule has 0 aliphatic heterocycles. The van der Waals surface area contributed by atoms with Crippen LogP contribution in [-0.4, -0.2) is 22.1 Å². The lowest BCUT2D eigenvalue weighted by atomic mass is 10.1. The lowest BCUT2D eigenvalue weighted by Gasteiger charge is -2.07. The van der Waals surface area contributed by atoms with Gasteiger partial charge in [-0.2, -0.15) is 0 Å². The zero-order chi connectivity index (χ0) is 12.0. The van der Waals surface area contributed by atoms with Crippen LogP contribution in [-0.2, 0) is 0 Å². The van der Waals surface area contributed by atoms with E-state index in [9.17, 15) is 0 Å². The molecule has 1 N–H and O–H groups in total. The molecule has 4 nitrogen and oxygen atoms in total. The molecule has 3 aromatic rings. The number of H-pyrrole nitrogens is 1. The monoisotopic (exact) mass is 227 g/mol. The van der Waals surface area contributed by atoms with Gasteiger partial charge in [-0.05, 0) is 32.0 Å². The molecule has 4 heteroatoms. The van der Waals surface area contributed by atoms with Crippen LogP contribution in [0.1, 0.15) is 11.5 Å². The van der Waals surface area contributed by atoms with Crippen LogP contribution in [0.4, 0.5) is 0 Å². The van der Waals surface area contributed by atoms with E-state index in [1.807, 2.05) is 32.0 Å². The first kappa shape index (κ1) is 10.1. The third-order valence-corrected chi connectivity index (χ3v) is 2.86. The normalized spacial score (nSPS) is 11.2. The molecular formula is C13H13N3O. The summed E-state index contributed by atoms with van der Waals surface area (Å²) < 4.78 is 5.44. The molecule has 3 rings (SSSR count). The van der Waals surface area contributed by atoms with Crippen LogP contribution >= 0.6 is 0 Å². The highest BCUT2D eigenvalue weighted by atomic mass is 16.5. The molecule has 0 aliphatic carbocycles. The summed E-state index contributed by atoms with van der Waals surface area (Å²) >= 11 is 0. The Labute approximate surface area is 98.7 Å². The second-order valence-electron chi connectivity index (χ2n) is 4.15. The number of rotatable bonds is 1. The molecule has 0 unspecified atom stereocenters. The Hall–Kier alpha value is -2.10. The van der Waals surface area contributed by atoms with Gasteiger partial charge in [0.2, 0.25) is 0 Å². The van der Waals surface area contributed by atoms with Crippen LogP contribution in [0.25, 0.3) is 21.9 Å². The van der Waals surface area contributed by atoms with E-state index in [0.29, 0.717) is 0 Å². The van der Waals surface area contributed by atoms with E-state index in [4.69, 9.17) is 4.74 Å². The lowest BCUT2D eigenvalue weighted by Crippen LogP contribution is -1.91. The fraction of sp³-hybridized carbons (Fsp3) is 0.231. The Kier molecular flexibility index (Phi) is 2.04. The van der Waals surface area contributed by atoms with Gasteiger partial charge in [0, 0.05) is 5.69 Å². The minimum absolute atomic E-state index is 0.787. The third-order valence-electron chi connectivity index (χ3n) is 2.86. The topological polar surface area (TPSA) is 50.8 Å². The van der Waals surface area contributed by atoms with Crippen molar-refractivity contribution >= 4 is 21.9 Å². The average molecular weight is 227 g/mol. The van der Waals surface area contributed by atoms with Gasteiger partial charge < -0.3 is 9.72 Å². The van der Waals surface area contributed by atoms with Crippen molar-refractivity contribution in [3.05, 3.63) is 29.7 Å². The lowest BCUT2D eigenvalue weighted by molar-refractivity contribution is 0.419. The predicted octanol–water partition coefficient (Wildman–Crippen LogP) is 2.74. The summed E-state index contributed by atoms with van der Waals surface area (Å²) in [5.41, 5.74) is 3.89. The molecule has 0 radical (unpaired) electrons. The number of methoxy groups -OCH3 is 1. The molecule has 0 atom stereocenters. The van der Waals surface area contributed by atoms with E-state index in [1.165, 1.54) is 0 Å². The van der Waals surface area contributed by atoms with Gasteiger partial charge in [0.15, 0.2) is 0 Å². The van der Waals surface area contributed by atoms with Crippen LogP contribution in [0.3, 0.4) is 0 Å². The number of imidazole rings is 1. The first-order valence-electron chi connectivity index (χ1n) is 5.49. The summed E-state index contributed by atoms with van der Waals surface area (Å²) in [5, 5.41) is 0.996. The number of aryl methyl sites for hydroxylation is 2. The van der Waals surface area contributed by atoms with Gasteiger partial charge in [-0.3, -0.25) is 0 Å². The molecule has 0 spiro atoms. The number of fused-ring (bicyclic) bond motifs is 3. The van der Waals surface area contributed by atoms with Crippen molar-refractivity contribution in [3.8, 4) is 5.75 Å². The maximum atomic E-state index is 5.44. The van der Waals surface area contributed by atoms with Gasteiger partial charge in [-0.25, -0.2) is 9.97 Å². The van der Waals surface area contributed by atoms with Crippen molar-refractivity contribution < 1.29 is 4.74 Å².